The second kappa shape index (κ2) is 6.70. The Balaban J connectivity index is 1.56. The van der Waals surface area contributed by atoms with Crippen LogP contribution in [0.25, 0.3) is 0 Å². The number of nitrogens with zero attached hydrogens (tertiary/aromatic N) is 3. The Morgan fingerprint density at radius 2 is 2.30 bits per heavy atom. The number of ether oxygens (including phenoxy) is 1. The van der Waals surface area contributed by atoms with Gasteiger partial charge in [0.05, 0.1) is 18.7 Å². The van der Waals surface area contributed by atoms with E-state index in [-0.39, 0.29) is 12.0 Å². The fraction of sp³-hybridized carbons (Fsp3) is 0.438. The molecule has 1 aliphatic heterocycles. The Labute approximate surface area is 142 Å². The van der Waals surface area contributed by atoms with Gasteiger partial charge >= 0.3 is 0 Å². The van der Waals surface area contributed by atoms with Gasteiger partial charge in [-0.1, -0.05) is 5.16 Å². The summed E-state index contributed by atoms with van der Waals surface area (Å²) < 4.78 is 11.9. The molecule has 0 aliphatic carbocycles. The molecule has 122 valence electrons. The maximum Gasteiger partial charge on any atom is 0.227 e. The summed E-state index contributed by atoms with van der Waals surface area (Å²) in [6.45, 7) is 4.97. The molecule has 3 heterocycles. The van der Waals surface area contributed by atoms with Crippen LogP contribution in [0.15, 0.2) is 27.3 Å². The lowest BCUT2D eigenvalue weighted by molar-refractivity contribution is -0.129. The topological polar surface area (TPSA) is 68.5 Å². The molecule has 0 radical (unpaired) electrons. The normalized spacial score (nSPS) is 17.5. The first kappa shape index (κ1) is 16.0. The lowest BCUT2D eigenvalue weighted by Gasteiger charge is -2.17. The van der Waals surface area contributed by atoms with Crippen molar-refractivity contribution in [2.75, 3.05) is 13.1 Å². The number of halogens is 1. The maximum atomic E-state index is 12.4. The maximum absolute atomic E-state index is 12.4. The molecule has 3 rings (SSSR count). The molecule has 1 aliphatic rings. The molecule has 6 nitrogen and oxygen atoms in total. The quantitative estimate of drug-likeness (QED) is 0.816. The minimum atomic E-state index is -0.0164. The molecule has 0 saturated carbocycles. The summed E-state index contributed by atoms with van der Waals surface area (Å²) in [5.41, 5.74) is 1.66. The lowest BCUT2D eigenvalue weighted by Crippen LogP contribution is -2.32. The molecule has 2 aromatic heterocycles. The van der Waals surface area contributed by atoms with E-state index in [9.17, 15) is 4.79 Å². The summed E-state index contributed by atoms with van der Waals surface area (Å²) in [5, 5.41) is 3.89. The standard InChI is InChI=1S/C16H18BrN3O3/c1-10-14(11(2)23-19-10)7-16(21)20-6-5-13(9-20)22-15-4-3-12(17)8-18-15/h3-4,8,13H,5-7,9H2,1-2H3. The second-order valence-electron chi connectivity index (χ2n) is 5.66. The average Bonchev–Trinajstić information content (AvgIpc) is 3.11. The van der Waals surface area contributed by atoms with Crippen LogP contribution in [0.1, 0.15) is 23.4 Å². The van der Waals surface area contributed by atoms with Crippen molar-refractivity contribution in [3.05, 3.63) is 39.8 Å². The van der Waals surface area contributed by atoms with Crippen LogP contribution in [0.4, 0.5) is 0 Å². The number of carbonyl (C=O) groups is 1. The van der Waals surface area contributed by atoms with Crippen LogP contribution < -0.4 is 4.74 Å². The third kappa shape index (κ3) is 3.72. The largest absolute Gasteiger partial charge is 0.472 e. The number of hydrogen-bond donors (Lipinski definition) is 0. The Kier molecular flexibility index (Phi) is 4.66. The van der Waals surface area contributed by atoms with Crippen LogP contribution in [0.5, 0.6) is 5.88 Å². The van der Waals surface area contributed by atoms with E-state index in [0.29, 0.717) is 31.2 Å². The van der Waals surface area contributed by atoms with Gasteiger partial charge in [0.2, 0.25) is 11.8 Å². The van der Waals surface area contributed by atoms with E-state index < -0.39 is 0 Å². The minimum absolute atomic E-state index is 0.0164. The molecule has 2 aromatic rings. The van der Waals surface area contributed by atoms with E-state index in [2.05, 4.69) is 26.1 Å². The molecular weight excluding hydrogens is 362 g/mol. The fourth-order valence-corrected chi connectivity index (χ4v) is 2.91. The van der Waals surface area contributed by atoms with Crippen molar-refractivity contribution < 1.29 is 14.1 Å². The van der Waals surface area contributed by atoms with E-state index in [4.69, 9.17) is 9.26 Å². The zero-order valence-corrected chi connectivity index (χ0v) is 14.7. The summed E-state index contributed by atoms with van der Waals surface area (Å²) in [4.78, 5) is 18.5. The molecule has 23 heavy (non-hydrogen) atoms. The van der Waals surface area contributed by atoms with Gasteiger partial charge in [-0.05, 0) is 35.8 Å². The monoisotopic (exact) mass is 379 g/mol. The number of rotatable bonds is 4. The Bertz CT molecular complexity index is 680. The number of amides is 1. The number of carbonyl (C=O) groups excluding carboxylic acids is 1. The second-order valence-corrected chi connectivity index (χ2v) is 6.58. The van der Waals surface area contributed by atoms with Crippen molar-refractivity contribution in [3.8, 4) is 5.88 Å². The summed E-state index contributed by atoms with van der Waals surface area (Å²) in [5.74, 6) is 1.37. The van der Waals surface area contributed by atoms with Crippen LogP contribution in [0, 0.1) is 13.8 Å². The third-order valence-corrected chi connectivity index (χ3v) is 4.46. The van der Waals surface area contributed by atoms with Crippen LogP contribution in [0.2, 0.25) is 0 Å². The predicted octanol–water partition coefficient (Wildman–Crippen LogP) is 2.67. The van der Waals surface area contributed by atoms with E-state index in [1.165, 1.54) is 0 Å². The van der Waals surface area contributed by atoms with E-state index >= 15 is 0 Å². The van der Waals surface area contributed by atoms with Gasteiger partial charge in [-0.2, -0.15) is 0 Å². The van der Waals surface area contributed by atoms with E-state index in [0.717, 1.165) is 22.2 Å². The smallest absolute Gasteiger partial charge is 0.227 e. The fourth-order valence-electron chi connectivity index (χ4n) is 2.67. The summed E-state index contributed by atoms with van der Waals surface area (Å²) >= 11 is 3.34. The van der Waals surface area contributed by atoms with Crippen molar-refractivity contribution in [2.24, 2.45) is 0 Å². The molecular formula is C16H18BrN3O3. The van der Waals surface area contributed by atoms with Gasteiger partial charge < -0.3 is 14.2 Å². The van der Waals surface area contributed by atoms with E-state index in [1.807, 2.05) is 30.9 Å². The molecule has 1 amide bonds. The number of aryl methyl sites for hydroxylation is 2. The summed E-state index contributed by atoms with van der Waals surface area (Å²) in [6, 6.07) is 3.70. The number of likely N-dealkylation sites (tertiary alicyclic amines) is 1. The van der Waals surface area contributed by atoms with Gasteiger partial charge in [0.1, 0.15) is 11.9 Å². The SMILES string of the molecule is Cc1noc(C)c1CC(=O)N1CCC(Oc2ccc(Br)cn2)C1. The zero-order valence-electron chi connectivity index (χ0n) is 13.1. The minimum Gasteiger partial charge on any atom is -0.472 e. The van der Waals surface area contributed by atoms with Crippen molar-refractivity contribution in [3.63, 3.8) is 0 Å². The molecule has 1 unspecified atom stereocenters. The molecule has 0 aromatic carbocycles. The third-order valence-electron chi connectivity index (χ3n) is 3.99. The number of pyridine rings is 1. The summed E-state index contributed by atoms with van der Waals surface area (Å²) in [6.07, 6.45) is 2.82. The van der Waals surface area contributed by atoms with Gasteiger partial charge in [0.15, 0.2) is 0 Å². The molecule has 1 saturated heterocycles. The highest BCUT2D eigenvalue weighted by molar-refractivity contribution is 9.10. The first-order valence-electron chi connectivity index (χ1n) is 7.50. The Morgan fingerprint density at radius 3 is 2.96 bits per heavy atom. The van der Waals surface area contributed by atoms with Crippen LogP contribution in [-0.2, 0) is 11.2 Å². The zero-order chi connectivity index (χ0) is 16.4. The molecule has 1 atom stereocenters. The Hall–Kier alpha value is -1.89. The van der Waals surface area contributed by atoms with Crippen LogP contribution in [-0.4, -0.2) is 40.1 Å². The predicted molar refractivity (Wildman–Crippen MR) is 87.2 cm³/mol. The van der Waals surface area contributed by atoms with Crippen molar-refractivity contribution in [2.45, 2.75) is 32.8 Å². The number of hydrogen-bond acceptors (Lipinski definition) is 5. The molecule has 0 spiro atoms. The molecule has 0 N–H and O–H groups in total. The summed E-state index contributed by atoms with van der Waals surface area (Å²) in [7, 11) is 0. The van der Waals surface area contributed by atoms with Crippen LogP contribution in [0.3, 0.4) is 0 Å². The first-order valence-corrected chi connectivity index (χ1v) is 8.30. The highest BCUT2D eigenvalue weighted by atomic mass is 79.9. The van der Waals surface area contributed by atoms with Crippen molar-refractivity contribution in [1.29, 1.82) is 0 Å². The molecule has 7 heteroatoms. The van der Waals surface area contributed by atoms with Gasteiger partial charge in [0.25, 0.3) is 0 Å². The number of aromatic nitrogens is 2. The van der Waals surface area contributed by atoms with Gasteiger partial charge in [-0.3, -0.25) is 4.79 Å². The van der Waals surface area contributed by atoms with Crippen molar-refractivity contribution in [1.82, 2.24) is 15.0 Å². The Morgan fingerprint density at radius 1 is 1.48 bits per heavy atom. The first-order chi connectivity index (χ1) is 11.0. The van der Waals surface area contributed by atoms with E-state index in [1.54, 1.807) is 6.20 Å². The highest BCUT2D eigenvalue weighted by Crippen LogP contribution is 2.20. The van der Waals surface area contributed by atoms with Crippen molar-refractivity contribution >= 4 is 21.8 Å². The van der Waals surface area contributed by atoms with Gasteiger partial charge in [-0.25, -0.2) is 4.98 Å². The average molecular weight is 380 g/mol. The molecule has 0 bridgehead atoms. The van der Waals surface area contributed by atoms with Gasteiger partial charge in [-0.15, -0.1) is 0 Å². The highest BCUT2D eigenvalue weighted by Gasteiger charge is 2.28. The lowest BCUT2D eigenvalue weighted by atomic mass is 10.1. The van der Waals surface area contributed by atoms with Gasteiger partial charge in [0, 0.05) is 35.3 Å². The van der Waals surface area contributed by atoms with Crippen LogP contribution >= 0.6 is 15.9 Å². The molecule has 1 fully saturated rings.